The molecule has 33 heavy (non-hydrogen) atoms. The third-order valence-electron chi connectivity index (χ3n) is 5.65. The number of rotatable bonds is 6. The van der Waals surface area contributed by atoms with Crippen LogP contribution in [0.3, 0.4) is 0 Å². The molecule has 0 bridgehead atoms. The van der Waals surface area contributed by atoms with Gasteiger partial charge in [-0.2, -0.15) is 4.31 Å². The third kappa shape index (κ3) is 4.32. The second-order valence-electron chi connectivity index (χ2n) is 7.92. The normalized spacial score (nSPS) is 16.7. The summed E-state index contributed by atoms with van der Waals surface area (Å²) in [4.78, 5) is 31.2. The van der Waals surface area contributed by atoms with Crippen LogP contribution in [0.2, 0.25) is 0 Å². The van der Waals surface area contributed by atoms with Gasteiger partial charge >= 0.3 is 5.63 Å². The van der Waals surface area contributed by atoms with Crippen LogP contribution in [0.25, 0.3) is 21.9 Å². The van der Waals surface area contributed by atoms with E-state index in [0.717, 1.165) is 12.8 Å². The van der Waals surface area contributed by atoms with E-state index in [0.29, 0.717) is 28.5 Å². The van der Waals surface area contributed by atoms with Gasteiger partial charge in [0.25, 0.3) is 5.56 Å². The quantitative estimate of drug-likeness (QED) is 0.432. The van der Waals surface area contributed by atoms with Gasteiger partial charge in [0.15, 0.2) is 0 Å². The topological polar surface area (TPSA) is 123 Å². The Hall–Kier alpha value is -3.34. The molecule has 1 aliphatic rings. The van der Waals surface area contributed by atoms with E-state index in [2.05, 4.69) is 9.97 Å². The smallest absolute Gasteiger partial charge is 0.336 e. The average molecular weight is 468 g/mol. The van der Waals surface area contributed by atoms with E-state index in [-0.39, 0.29) is 35.5 Å². The molecule has 0 radical (unpaired) electrons. The van der Waals surface area contributed by atoms with Gasteiger partial charge < -0.3 is 14.1 Å². The van der Waals surface area contributed by atoms with E-state index in [1.165, 1.54) is 34.6 Å². The molecule has 0 amide bonds. The predicted molar refractivity (Wildman–Crippen MR) is 121 cm³/mol. The molecule has 1 unspecified atom stereocenters. The highest BCUT2D eigenvalue weighted by Crippen LogP contribution is 2.24. The first-order valence-corrected chi connectivity index (χ1v) is 12.0. The molecule has 1 saturated heterocycles. The summed E-state index contributed by atoms with van der Waals surface area (Å²) in [6.07, 6.45) is 1.36. The fourth-order valence-electron chi connectivity index (χ4n) is 4.00. The van der Waals surface area contributed by atoms with Crippen LogP contribution in [0.1, 0.15) is 18.7 Å². The second kappa shape index (κ2) is 8.54. The van der Waals surface area contributed by atoms with Crippen molar-refractivity contribution >= 4 is 31.9 Å². The van der Waals surface area contributed by atoms with Crippen LogP contribution in [0.5, 0.6) is 0 Å². The average Bonchev–Trinajstić information content (AvgIpc) is 3.31. The Morgan fingerprint density at radius 2 is 1.94 bits per heavy atom. The number of hydrogen-bond acceptors (Lipinski definition) is 7. The van der Waals surface area contributed by atoms with Crippen molar-refractivity contribution in [3.8, 4) is 0 Å². The largest absolute Gasteiger partial charge is 0.423 e. The molecule has 0 aliphatic carbocycles. The van der Waals surface area contributed by atoms with Gasteiger partial charge in [0.1, 0.15) is 11.4 Å². The lowest BCUT2D eigenvalue weighted by atomic mass is 10.2. The first kappa shape index (κ1) is 21.5. The molecule has 0 spiro atoms. The zero-order chi connectivity index (χ0) is 23.0. The number of para-hydroxylation sites is 1. The lowest BCUT2D eigenvalue weighted by molar-refractivity contribution is 0.0921. The molecule has 0 saturated carbocycles. The van der Waals surface area contributed by atoms with Gasteiger partial charge in [-0.25, -0.2) is 18.2 Å². The first-order chi connectivity index (χ1) is 15.9. The van der Waals surface area contributed by atoms with E-state index in [1.807, 2.05) is 0 Å². The minimum Gasteiger partial charge on any atom is -0.423 e. The number of nitrogens with zero attached hydrogens (tertiary/aromatic N) is 2. The van der Waals surface area contributed by atoms with Gasteiger partial charge in [-0.1, -0.05) is 12.1 Å². The molecular weight excluding hydrogens is 446 g/mol. The zero-order valence-electron chi connectivity index (χ0n) is 17.6. The van der Waals surface area contributed by atoms with Crippen molar-refractivity contribution in [3.05, 3.63) is 81.2 Å². The summed E-state index contributed by atoms with van der Waals surface area (Å²) in [5.74, 6) is 0.243. The molecule has 3 heterocycles. The summed E-state index contributed by atoms with van der Waals surface area (Å²) in [7, 11) is -3.98. The van der Waals surface area contributed by atoms with Crippen LogP contribution in [-0.4, -0.2) is 41.9 Å². The van der Waals surface area contributed by atoms with E-state index in [4.69, 9.17) is 9.15 Å². The van der Waals surface area contributed by atoms with Crippen molar-refractivity contribution in [2.45, 2.75) is 30.4 Å². The van der Waals surface area contributed by atoms with Gasteiger partial charge in [0, 0.05) is 24.6 Å². The van der Waals surface area contributed by atoms with Crippen molar-refractivity contribution < 1.29 is 17.6 Å². The summed E-state index contributed by atoms with van der Waals surface area (Å²) < 4.78 is 39.4. The minimum absolute atomic E-state index is 0.0463. The highest BCUT2D eigenvalue weighted by atomic mass is 32.2. The van der Waals surface area contributed by atoms with Gasteiger partial charge in [0.05, 0.1) is 28.4 Å². The number of ether oxygens (including phenoxy) is 1. The minimum atomic E-state index is -3.98. The lowest BCUT2D eigenvalue weighted by Crippen LogP contribution is -2.37. The third-order valence-corrected chi connectivity index (χ3v) is 7.46. The number of aromatic nitrogens is 2. The summed E-state index contributed by atoms with van der Waals surface area (Å²) in [6, 6.07) is 14.0. The first-order valence-electron chi connectivity index (χ1n) is 10.5. The van der Waals surface area contributed by atoms with Crippen LogP contribution < -0.4 is 11.2 Å². The van der Waals surface area contributed by atoms with E-state index < -0.39 is 15.6 Å². The maximum absolute atomic E-state index is 13.6. The molecular formula is C23H21N3O6S. The molecule has 1 atom stereocenters. The molecule has 1 N–H and O–H groups in total. The van der Waals surface area contributed by atoms with Crippen molar-refractivity contribution in [3.63, 3.8) is 0 Å². The van der Waals surface area contributed by atoms with Crippen molar-refractivity contribution in [2.24, 2.45) is 0 Å². The monoisotopic (exact) mass is 467 g/mol. The summed E-state index contributed by atoms with van der Waals surface area (Å²) in [5.41, 5.74) is -0.0469. The molecule has 5 rings (SSSR count). The van der Waals surface area contributed by atoms with Gasteiger partial charge in [0.2, 0.25) is 10.0 Å². The molecule has 170 valence electrons. The number of sulfonamides is 1. The van der Waals surface area contributed by atoms with Crippen LogP contribution in [0.4, 0.5) is 0 Å². The molecule has 9 nitrogen and oxygen atoms in total. The van der Waals surface area contributed by atoms with Gasteiger partial charge in [-0.3, -0.25) is 4.79 Å². The van der Waals surface area contributed by atoms with E-state index in [1.54, 1.807) is 24.3 Å². The number of nitrogens with one attached hydrogen (secondary N) is 1. The fourth-order valence-corrected chi connectivity index (χ4v) is 5.47. The van der Waals surface area contributed by atoms with Gasteiger partial charge in [-0.05, 0) is 49.2 Å². The SMILES string of the molecule is O=c1ccc2cc(S(=O)(=O)N(Cc3nc4ccccc4c(=O)[nH]3)CC3CCCO3)ccc2o1. The summed E-state index contributed by atoms with van der Waals surface area (Å²) >= 11 is 0. The van der Waals surface area contributed by atoms with Crippen LogP contribution in [0, 0.1) is 0 Å². The standard InChI is InChI=1S/C23H21N3O6S/c27-22-10-7-15-12-17(8-9-20(15)32-22)33(29,30)26(13-16-4-3-11-31-16)14-21-24-19-6-2-1-5-18(19)23(28)25-21/h1-2,5-10,12,16H,3-4,11,13-14H2,(H,24,25,28). The molecule has 1 aliphatic heterocycles. The molecule has 4 aromatic rings. The number of H-pyrrole nitrogens is 1. The van der Waals surface area contributed by atoms with Gasteiger partial charge in [-0.15, -0.1) is 0 Å². The van der Waals surface area contributed by atoms with E-state index in [9.17, 15) is 18.0 Å². The second-order valence-corrected chi connectivity index (χ2v) is 9.85. The fraction of sp³-hybridized carbons (Fsp3) is 0.261. The molecule has 2 aromatic carbocycles. The van der Waals surface area contributed by atoms with E-state index >= 15 is 0 Å². The van der Waals surface area contributed by atoms with Crippen LogP contribution >= 0.6 is 0 Å². The Morgan fingerprint density at radius 1 is 1.09 bits per heavy atom. The Kier molecular flexibility index (Phi) is 5.57. The Morgan fingerprint density at radius 3 is 2.76 bits per heavy atom. The lowest BCUT2D eigenvalue weighted by Gasteiger charge is -2.24. The highest BCUT2D eigenvalue weighted by molar-refractivity contribution is 7.89. The highest BCUT2D eigenvalue weighted by Gasteiger charge is 2.30. The number of aromatic amines is 1. The molecule has 2 aromatic heterocycles. The number of hydrogen-bond donors (Lipinski definition) is 1. The van der Waals surface area contributed by atoms with Crippen molar-refractivity contribution in [2.75, 3.05) is 13.2 Å². The summed E-state index contributed by atoms with van der Waals surface area (Å²) in [5, 5.41) is 0.927. The summed E-state index contributed by atoms with van der Waals surface area (Å²) in [6.45, 7) is 0.587. The Balaban J connectivity index is 1.55. The van der Waals surface area contributed by atoms with Crippen LogP contribution in [-0.2, 0) is 21.3 Å². The number of benzene rings is 2. The number of fused-ring (bicyclic) bond motifs is 2. The Bertz CT molecular complexity index is 1550. The molecule has 10 heteroatoms. The van der Waals surface area contributed by atoms with Crippen LogP contribution in [0.15, 0.2) is 73.5 Å². The molecule has 1 fully saturated rings. The maximum atomic E-state index is 13.6. The van der Waals surface area contributed by atoms with Crippen molar-refractivity contribution in [1.82, 2.24) is 14.3 Å². The maximum Gasteiger partial charge on any atom is 0.336 e. The van der Waals surface area contributed by atoms with Crippen molar-refractivity contribution in [1.29, 1.82) is 0 Å². The predicted octanol–water partition coefficient (Wildman–Crippen LogP) is 2.40. The Labute approximate surface area is 188 Å². The zero-order valence-corrected chi connectivity index (χ0v) is 18.4.